The fourth-order valence-electron chi connectivity index (χ4n) is 2.20. The molecule has 0 aliphatic rings. The van der Waals surface area contributed by atoms with E-state index in [1.54, 1.807) is 31.3 Å². The zero-order valence-electron chi connectivity index (χ0n) is 12.3. The maximum absolute atomic E-state index is 12.5. The highest BCUT2D eigenvalue weighted by Crippen LogP contribution is 2.24. The molecule has 0 spiro atoms. The molecule has 3 rings (SSSR count). The first-order chi connectivity index (χ1) is 10.8. The van der Waals surface area contributed by atoms with Crippen LogP contribution < -0.4 is 10.5 Å². The van der Waals surface area contributed by atoms with Gasteiger partial charge in [-0.3, -0.25) is 9.29 Å². The summed E-state index contributed by atoms with van der Waals surface area (Å²) in [5, 5.41) is 0. The molecule has 8 heteroatoms. The summed E-state index contributed by atoms with van der Waals surface area (Å²) in [7, 11) is -2.21. The van der Waals surface area contributed by atoms with E-state index in [2.05, 4.69) is 20.7 Å². The van der Waals surface area contributed by atoms with Crippen LogP contribution in [0.5, 0.6) is 0 Å². The van der Waals surface area contributed by atoms with Crippen molar-refractivity contribution in [2.24, 2.45) is 7.05 Å². The number of halogens is 1. The van der Waals surface area contributed by atoms with Crippen LogP contribution in [-0.4, -0.2) is 13.0 Å². The standard InChI is InChI=1S/C15H13BrN2O4S/c1-9-7-10(3-5-12(9)16)17-23(20,21)11-4-6-13-14(8-11)22-15(19)18(13)2/h3-8,17H,1-2H3. The van der Waals surface area contributed by atoms with Gasteiger partial charge in [0.2, 0.25) is 0 Å². The predicted molar refractivity (Wildman–Crippen MR) is 91.1 cm³/mol. The van der Waals surface area contributed by atoms with Gasteiger partial charge in [0.25, 0.3) is 10.0 Å². The number of nitrogens with one attached hydrogen (secondary N) is 1. The molecule has 1 N–H and O–H groups in total. The van der Waals surface area contributed by atoms with E-state index in [4.69, 9.17) is 4.42 Å². The lowest BCUT2D eigenvalue weighted by molar-refractivity contribution is 0.527. The molecule has 0 fully saturated rings. The van der Waals surface area contributed by atoms with E-state index >= 15 is 0 Å². The Hall–Kier alpha value is -2.06. The van der Waals surface area contributed by atoms with E-state index in [1.807, 2.05) is 6.92 Å². The largest absolute Gasteiger partial charge is 0.419 e. The summed E-state index contributed by atoms with van der Waals surface area (Å²) >= 11 is 3.37. The molecule has 0 atom stereocenters. The molecule has 0 unspecified atom stereocenters. The second kappa shape index (κ2) is 5.54. The summed E-state index contributed by atoms with van der Waals surface area (Å²) in [6.45, 7) is 1.87. The fourth-order valence-corrected chi connectivity index (χ4v) is 3.51. The molecule has 0 amide bonds. The third-order valence-electron chi connectivity index (χ3n) is 3.48. The third-order valence-corrected chi connectivity index (χ3v) is 5.75. The molecule has 1 heterocycles. The van der Waals surface area contributed by atoms with Crippen LogP contribution in [0.2, 0.25) is 0 Å². The highest BCUT2D eigenvalue weighted by molar-refractivity contribution is 9.10. The van der Waals surface area contributed by atoms with Gasteiger partial charge in [-0.25, -0.2) is 13.2 Å². The molecule has 0 aliphatic heterocycles. The Morgan fingerprint density at radius 2 is 1.91 bits per heavy atom. The first kappa shape index (κ1) is 15.8. The van der Waals surface area contributed by atoms with Gasteiger partial charge < -0.3 is 4.42 Å². The van der Waals surface area contributed by atoms with Crippen molar-refractivity contribution in [3.05, 3.63) is 57.0 Å². The number of sulfonamides is 1. The number of oxazole rings is 1. The molecular formula is C15H13BrN2O4S. The first-order valence-electron chi connectivity index (χ1n) is 6.66. The zero-order valence-corrected chi connectivity index (χ0v) is 14.7. The van der Waals surface area contributed by atoms with E-state index < -0.39 is 15.8 Å². The maximum Gasteiger partial charge on any atom is 0.419 e. The Morgan fingerprint density at radius 3 is 2.61 bits per heavy atom. The molecule has 23 heavy (non-hydrogen) atoms. The van der Waals surface area contributed by atoms with Gasteiger partial charge in [-0.2, -0.15) is 0 Å². The SMILES string of the molecule is Cc1cc(NS(=O)(=O)c2ccc3c(c2)oc(=O)n3C)ccc1Br. The highest BCUT2D eigenvalue weighted by Gasteiger charge is 2.17. The third kappa shape index (κ3) is 2.91. The van der Waals surface area contributed by atoms with E-state index in [1.165, 1.54) is 16.7 Å². The van der Waals surface area contributed by atoms with Crippen LogP contribution in [0.25, 0.3) is 11.1 Å². The molecular weight excluding hydrogens is 384 g/mol. The van der Waals surface area contributed by atoms with Gasteiger partial charge in [-0.05, 0) is 42.8 Å². The second-order valence-corrected chi connectivity index (χ2v) is 7.66. The molecule has 1 aromatic heterocycles. The molecule has 0 aliphatic carbocycles. The number of aryl methyl sites for hydroxylation is 2. The van der Waals surface area contributed by atoms with Crippen molar-refractivity contribution in [1.82, 2.24) is 4.57 Å². The van der Waals surface area contributed by atoms with Crippen molar-refractivity contribution in [3.8, 4) is 0 Å². The number of fused-ring (bicyclic) bond motifs is 1. The average Bonchev–Trinajstić information content (AvgIpc) is 2.77. The van der Waals surface area contributed by atoms with Crippen LogP contribution in [0.3, 0.4) is 0 Å². The lowest BCUT2D eigenvalue weighted by atomic mass is 10.2. The highest BCUT2D eigenvalue weighted by atomic mass is 79.9. The maximum atomic E-state index is 12.5. The molecule has 3 aromatic rings. The average molecular weight is 397 g/mol. The van der Waals surface area contributed by atoms with Crippen LogP contribution in [0, 0.1) is 6.92 Å². The Balaban J connectivity index is 2.01. The van der Waals surface area contributed by atoms with E-state index in [-0.39, 0.29) is 10.5 Å². The molecule has 6 nitrogen and oxygen atoms in total. The summed E-state index contributed by atoms with van der Waals surface area (Å²) in [5.74, 6) is -0.536. The van der Waals surface area contributed by atoms with Gasteiger partial charge in [0.1, 0.15) is 0 Å². The summed E-state index contributed by atoms with van der Waals surface area (Å²) in [5.41, 5.74) is 2.14. The minimum absolute atomic E-state index is 0.0277. The van der Waals surface area contributed by atoms with Crippen molar-refractivity contribution in [3.63, 3.8) is 0 Å². The number of nitrogens with zero attached hydrogens (tertiary/aromatic N) is 1. The molecule has 0 bridgehead atoms. The Morgan fingerprint density at radius 1 is 1.17 bits per heavy atom. The van der Waals surface area contributed by atoms with Gasteiger partial charge >= 0.3 is 5.76 Å². The lowest BCUT2D eigenvalue weighted by Crippen LogP contribution is -2.13. The van der Waals surface area contributed by atoms with Crippen LogP contribution >= 0.6 is 15.9 Å². The monoisotopic (exact) mass is 396 g/mol. The van der Waals surface area contributed by atoms with Crippen LogP contribution in [0.4, 0.5) is 5.69 Å². The minimum atomic E-state index is -3.77. The van der Waals surface area contributed by atoms with Crippen molar-refractivity contribution in [2.75, 3.05) is 4.72 Å². The number of hydrogen-bond acceptors (Lipinski definition) is 4. The van der Waals surface area contributed by atoms with E-state index in [9.17, 15) is 13.2 Å². The van der Waals surface area contributed by atoms with Crippen LogP contribution in [-0.2, 0) is 17.1 Å². The van der Waals surface area contributed by atoms with Gasteiger partial charge in [-0.1, -0.05) is 15.9 Å². The summed E-state index contributed by atoms with van der Waals surface area (Å²) in [4.78, 5) is 11.5. The van der Waals surface area contributed by atoms with Crippen molar-refractivity contribution in [1.29, 1.82) is 0 Å². The zero-order chi connectivity index (χ0) is 16.8. The molecule has 0 saturated carbocycles. The number of hydrogen-bond donors (Lipinski definition) is 1. The van der Waals surface area contributed by atoms with Crippen LogP contribution in [0.1, 0.15) is 5.56 Å². The summed E-state index contributed by atoms with van der Waals surface area (Å²) in [6.07, 6.45) is 0. The Kier molecular flexibility index (Phi) is 3.81. The van der Waals surface area contributed by atoms with Crippen molar-refractivity contribution in [2.45, 2.75) is 11.8 Å². The molecule has 0 radical (unpaired) electrons. The fraction of sp³-hybridized carbons (Fsp3) is 0.133. The van der Waals surface area contributed by atoms with Crippen molar-refractivity contribution < 1.29 is 12.8 Å². The second-order valence-electron chi connectivity index (χ2n) is 5.13. The number of benzene rings is 2. The summed E-state index contributed by atoms with van der Waals surface area (Å²) in [6, 6.07) is 9.48. The van der Waals surface area contributed by atoms with Gasteiger partial charge in [0.05, 0.1) is 10.4 Å². The summed E-state index contributed by atoms with van der Waals surface area (Å²) < 4.78 is 34.7. The van der Waals surface area contributed by atoms with Gasteiger partial charge in [0.15, 0.2) is 5.58 Å². The lowest BCUT2D eigenvalue weighted by Gasteiger charge is -2.09. The van der Waals surface area contributed by atoms with E-state index in [0.29, 0.717) is 11.2 Å². The number of aromatic nitrogens is 1. The first-order valence-corrected chi connectivity index (χ1v) is 8.94. The Bertz CT molecular complexity index is 1070. The minimum Gasteiger partial charge on any atom is -0.408 e. The van der Waals surface area contributed by atoms with Gasteiger partial charge in [0, 0.05) is 23.3 Å². The van der Waals surface area contributed by atoms with Gasteiger partial charge in [-0.15, -0.1) is 0 Å². The van der Waals surface area contributed by atoms with Crippen LogP contribution in [0.15, 0.2) is 55.0 Å². The molecule has 2 aromatic carbocycles. The van der Waals surface area contributed by atoms with E-state index in [0.717, 1.165) is 10.0 Å². The quantitative estimate of drug-likeness (QED) is 0.737. The molecule has 0 saturated heterocycles. The molecule has 120 valence electrons. The van der Waals surface area contributed by atoms with Crippen molar-refractivity contribution >= 4 is 42.7 Å². The normalized spacial score (nSPS) is 11.8. The smallest absolute Gasteiger partial charge is 0.408 e. The Labute approximate surface area is 140 Å². The predicted octanol–water partition coefficient (Wildman–Crippen LogP) is 3.00. The number of anilines is 1. The topological polar surface area (TPSA) is 81.3 Å². The number of rotatable bonds is 3.